The van der Waals surface area contributed by atoms with Crippen LogP contribution in [0.15, 0.2) is 0 Å². The van der Waals surface area contributed by atoms with Gasteiger partial charge in [-0.15, -0.1) is 0 Å². The molecule has 0 aromatic rings. The number of hydrogen-bond acceptors (Lipinski definition) is 2. The molecule has 2 unspecified atom stereocenters. The van der Waals surface area contributed by atoms with E-state index in [1.54, 1.807) is 0 Å². The van der Waals surface area contributed by atoms with Gasteiger partial charge in [0, 0.05) is 13.0 Å². The first kappa shape index (κ1) is 14.4. The van der Waals surface area contributed by atoms with Crippen LogP contribution in [0.2, 0.25) is 0 Å². The van der Waals surface area contributed by atoms with Gasteiger partial charge in [0.15, 0.2) is 0 Å². The van der Waals surface area contributed by atoms with Crippen LogP contribution >= 0.6 is 0 Å². The number of aliphatic hydroxyl groups excluding tert-OH is 1. The number of nitrogens with one attached hydrogen (secondary N) is 1. The van der Waals surface area contributed by atoms with Crippen LogP contribution in [0, 0.1) is 5.92 Å². The summed E-state index contributed by atoms with van der Waals surface area (Å²) < 4.78 is 0. The van der Waals surface area contributed by atoms with Crippen LogP contribution in [-0.4, -0.2) is 23.7 Å². The molecule has 2 N–H and O–H groups in total. The van der Waals surface area contributed by atoms with Crippen LogP contribution in [0.3, 0.4) is 0 Å². The lowest BCUT2D eigenvalue weighted by Gasteiger charge is -2.17. The van der Waals surface area contributed by atoms with Crippen molar-refractivity contribution in [2.75, 3.05) is 6.54 Å². The quantitative estimate of drug-likeness (QED) is 0.609. The fourth-order valence-electron chi connectivity index (χ4n) is 1.32. The molecule has 0 radical (unpaired) electrons. The smallest absolute Gasteiger partial charge is 0.220 e. The lowest BCUT2D eigenvalue weighted by Crippen LogP contribution is -2.35. The maximum Gasteiger partial charge on any atom is 0.220 e. The molecule has 0 aliphatic carbocycles. The molecule has 0 fully saturated rings. The molecule has 0 rings (SSSR count). The molecule has 0 aromatic heterocycles. The van der Waals surface area contributed by atoms with Crippen molar-refractivity contribution < 1.29 is 9.90 Å². The van der Waals surface area contributed by atoms with Crippen molar-refractivity contribution in [3.05, 3.63) is 0 Å². The van der Waals surface area contributed by atoms with E-state index in [4.69, 9.17) is 0 Å². The minimum absolute atomic E-state index is 0.0609. The Kier molecular flexibility index (Phi) is 8.38. The van der Waals surface area contributed by atoms with Crippen LogP contribution in [0.4, 0.5) is 0 Å². The Bertz CT molecular complexity index is 171. The number of unbranched alkanes of at least 4 members (excludes halogenated alkanes) is 2. The Balaban J connectivity index is 3.52. The minimum Gasteiger partial charge on any atom is -0.391 e. The van der Waals surface area contributed by atoms with Crippen LogP contribution in [0.5, 0.6) is 0 Å². The molecular formula is C12H25NO2. The van der Waals surface area contributed by atoms with E-state index in [1.807, 2.05) is 13.8 Å². The molecule has 0 aliphatic rings. The van der Waals surface area contributed by atoms with E-state index < -0.39 is 6.10 Å². The predicted octanol–water partition coefficient (Wildman–Crippen LogP) is 2.09. The molecule has 0 heterocycles. The summed E-state index contributed by atoms with van der Waals surface area (Å²) >= 11 is 0. The highest BCUT2D eigenvalue weighted by atomic mass is 16.3. The zero-order valence-electron chi connectivity index (χ0n) is 10.3. The number of aliphatic hydroxyl groups is 1. The van der Waals surface area contributed by atoms with Crippen molar-refractivity contribution in [2.24, 2.45) is 5.92 Å². The summed E-state index contributed by atoms with van der Waals surface area (Å²) in [6.07, 6.45) is 4.28. The lowest BCUT2D eigenvalue weighted by atomic mass is 10.0. The van der Waals surface area contributed by atoms with Crippen molar-refractivity contribution >= 4 is 5.91 Å². The second-order valence-electron chi connectivity index (χ2n) is 4.21. The fourth-order valence-corrected chi connectivity index (χ4v) is 1.32. The summed E-state index contributed by atoms with van der Waals surface area (Å²) in [5.74, 6) is 0.312. The topological polar surface area (TPSA) is 49.3 Å². The highest BCUT2D eigenvalue weighted by Gasteiger charge is 2.12. The third-order valence-corrected chi connectivity index (χ3v) is 2.82. The van der Waals surface area contributed by atoms with Crippen molar-refractivity contribution in [1.82, 2.24) is 5.32 Å². The van der Waals surface area contributed by atoms with E-state index in [0.717, 1.165) is 25.7 Å². The molecule has 1 amide bonds. The summed E-state index contributed by atoms with van der Waals surface area (Å²) in [5.41, 5.74) is 0. The Hall–Kier alpha value is -0.570. The Morgan fingerprint density at radius 1 is 1.33 bits per heavy atom. The van der Waals surface area contributed by atoms with E-state index in [-0.39, 0.29) is 11.8 Å². The molecule has 0 aliphatic heterocycles. The Morgan fingerprint density at radius 3 is 2.53 bits per heavy atom. The van der Waals surface area contributed by atoms with Gasteiger partial charge in [-0.25, -0.2) is 0 Å². The standard InChI is InChI=1S/C12H25NO2/c1-4-6-7-8-12(15)13-9-11(14)10(3)5-2/h10-11,14H,4-9H2,1-3H3,(H,13,15). The maximum atomic E-state index is 11.3. The highest BCUT2D eigenvalue weighted by Crippen LogP contribution is 2.06. The van der Waals surface area contributed by atoms with Crippen LogP contribution in [-0.2, 0) is 4.79 Å². The molecule has 0 spiro atoms. The second kappa shape index (κ2) is 8.72. The first-order valence-corrected chi connectivity index (χ1v) is 6.06. The summed E-state index contributed by atoms with van der Waals surface area (Å²) in [5, 5.41) is 12.4. The average Bonchev–Trinajstić information content (AvgIpc) is 2.25. The van der Waals surface area contributed by atoms with Gasteiger partial charge in [0.2, 0.25) is 5.91 Å². The molecular weight excluding hydrogens is 190 g/mol. The van der Waals surface area contributed by atoms with Gasteiger partial charge in [-0.1, -0.05) is 40.0 Å². The fraction of sp³-hybridized carbons (Fsp3) is 0.917. The second-order valence-corrected chi connectivity index (χ2v) is 4.21. The first-order valence-electron chi connectivity index (χ1n) is 6.06. The highest BCUT2D eigenvalue weighted by molar-refractivity contribution is 5.75. The van der Waals surface area contributed by atoms with Crippen LogP contribution in [0.25, 0.3) is 0 Å². The van der Waals surface area contributed by atoms with Crippen molar-refractivity contribution in [2.45, 2.75) is 59.0 Å². The van der Waals surface area contributed by atoms with Crippen molar-refractivity contribution in [3.63, 3.8) is 0 Å². The molecule has 0 aromatic carbocycles. The summed E-state index contributed by atoms with van der Waals surface area (Å²) in [6, 6.07) is 0. The summed E-state index contributed by atoms with van der Waals surface area (Å²) in [4.78, 5) is 11.3. The third kappa shape index (κ3) is 7.37. The van der Waals surface area contributed by atoms with E-state index >= 15 is 0 Å². The SMILES string of the molecule is CCCCCC(=O)NCC(O)C(C)CC. The number of amides is 1. The Morgan fingerprint density at radius 2 is 2.00 bits per heavy atom. The summed E-state index contributed by atoms with van der Waals surface area (Å²) in [7, 11) is 0. The molecule has 3 nitrogen and oxygen atoms in total. The molecule has 3 heteroatoms. The zero-order valence-corrected chi connectivity index (χ0v) is 10.3. The molecule has 0 saturated heterocycles. The molecule has 0 bridgehead atoms. The van der Waals surface area contributed by atoms with E-state index in [0.29, 0.717) is 13.0 Å². The van der Waals surface area contributed by atoms with Crippen molar-refractivity contribution in [3.8, 4) is 0 Å². The third-order valence-electron chi connectivity index (χ3n) is 2.82. The minimum atomic E-state index is -0.412. The van der Waals surface area contributed by atoms with E-state index in [9.17, 15) is 9.90 Å². The lowest BCUT2D eigenvalue weighted by molar-refractivity contribution is -0.121. The Labute approximate surface area is 93.3 Å². The monoisotopic (exact) mass is 215 g/mol. The first-order chi connectivity index (χ1) is 7.11. The normalized spacial score (nSPS) is 14.7. The zero-order chi connectivity index (χ0) is 11.7. The number of carbonyl (C=O) groups excluding carboxylic acids is 1. The van der Waals surface area contributed by atoms with Gasteiger partial charge >= 0.3 is 0 Å². The molecule has 2 atom stereocenters. The van der Waals surface area contributed by atoms with Gasteiger partial charge in [-0.2, -0.15) is 0 Å². The largest absolute Gasteiger partial charge is 0.391 e. The van der Waals surface area contributed by atoms with E-state index in [2.05, 4.69) is 12.2 Å². The van der Waals surface area contributed by atoms with Crippen LogP contribution in [0.1, 0.15) is 52.9 Å². The van der Waals surface area contributed by atoms with Crippen molar-refractivity contribution in [1.29, 1.82) is 0 Å². The van der Waals surface area contributed by atoms with Gasteiger partial charge in [-0.05, 0) is 12.3 Å². The molecule has 90 valence electrons. The van der Waals surface area contributed by atoms with Gasteiger partial charge in [0.25, 0.3) is 0 Å². The van der Waals surface area contributed by atoms with E-state index in [1.165, 1.54) is 0 Å². The summed E-state index contributed by atoms with van der Waals surface area (Å²) in [6.45, 7) is 6.54. The van der Waals surface area contributed by atoms with Gasteiger partial charge in [0.1, 0.15) is 0 Å². The maximum absolute atomic E-state index is 11.3. The molecule has 15 heavy (non-hydrogen) atoms. The number of rotatable bonds is 8. The van der Waals surface area contributed by atoms with Crippen LogP contribution < -0.4 is 5.32 Å². The average molecular weight is 215 g/mol. The molecule has 0 saturated carbocycles. The van der Waals surface area contributed by atoms with Gasteiger partial charge in [-0.3, -0.25) is 4.79 Å². The van der Waals surface area contributed by atoms with Gasteiger partial charge < -0.3 is 10.4 Å². The van der Waals surface area contributed by atoms with Gasteiger partial charge in [0.05, 0.1) is 6.10 Å². The predicted molar refractivity (Wildman–Crippen MR) is 62.6 cm³/mol. The number of hydrogen-bond donors (Lipinski definition) is 2. The number of carbonyl (C=O) groups is 1.